The highest BCUT2D eigenvalue weighted by Crippen LogP contribution is 2.45. The minimum Gasteiger partial charge on any atom is -0.504 e. The molecule has 0 heterocycles. The second kappa shape index (κ2) is 7.12. The molecule has 0 aliphatic carbocycles. The molecule has 128 valence electrons. The van der Waals surface area contributed by atoms with Gasteiger partial charge in [-0.05, 0) is 30.7 Å². The molecule has 2 N–H and O–H groups in total. The zero-order chi connectivity index (χ0) is 17.9. The van der Waals surface area contributed by atoms with Crippen LogP contribution < -0.4 is 19.5 Å². The summed E-state index contributed by atoms with van der Waals surface area (Å²) in [5.74, 6) is 1.07. The van der Waals surface area contributed by atoms with E-state index < -0.39 is 0 Å². The zero-order valence-electron chi connectivity index (χ0n) is 14.4. The third-order valence-corrected chi connectivity index (χ3v) is 3.56. The zero-order valence-corrected chi connectivity index (χ0v) is 14.4. The number of hydrogen-bond donors (Lipinski definition) is 2. The maximum absolute atomic E-state index is 11.6. The Labute approximate surface area is 141 Å². The predicted octanol–water partition coefficient (Wildman–Crippen LogP) is 3.35. The maximum Gasteiger partial charge on any atom is 0.221 e. The number of ether oxygens (including phenoxy) is 3. The van der Waals surface area contributed by atoms with E-state index in [2.05, 4.69) is 5.32 Å². The Morgan fingerprint density at radius 1 is 0.917 bits per heavy atom. The van der Waals surface area contributed by atoms with Crippen LogP contribution in [0.1, 0.15) is 12.5 Å². The molecule has 24 heavy (non-hydrogen) atoms. The summed E-state index contributed by atoms with van der Waals surface area (Å²) in [6, 6.07) is 6.91. The fourth-order valence-corrected chi connectivity index (χ4v) is 2.50. The third-order valence-electron chi connectivity index (χ3n) is 3.56. The van der Waals surface area contributed by atoms with E-state index in [-0.39, 0.29) is 11.7 Å². The van der Waals surface area contributed by atoms with Gasteiger partial charge in [0.25, 0.3) is 0 Å². The second-order valence-corrected chi connectivity index (χ2v) is 5.30. The molecule has 0 saturated carbocycles. The topological polar surface area (TPSA) is 77.0 Å². The van der Waals surface area contributed by atoms with E-state index in [4.69, 9.17) is 14.2 Å². The van der Waals surface area contributed by atoms with Crippen molar-refractivity contribution in [2.75, 3.05) is 26.6 Å². The van der Waals surface area contributed by atoms with Crippen LogP contribution in [0.2, 0.25) is 0 Å². The Morgan fingerprint density at radius 2 is 1.50 bits per heavy atom. The SMILES string of the molecule is COc1cc(NC(C)=O)c(-c2cc(C)cc(OC)c2O)cc1OC. The van der Waals surface area contributed by atoms with Crippen LogP contribution in [0.5, 0.6) is 23.0 Å². The van der Waals surface area contributed by atoms with Gasteiger partial charge in [0.2, 0.25) is 5.91 Å². The van der Waals surface area contributed by atoms with Gasteiger partial charge >= 0.3 is 0 Å². The summed E-state index contributed by atoms with van der Waals surface area (Å²) in [7, 11) is 4.53. The number of anilines is 1. The van der Waals surface area contributed by atoms with Crippen molar-refractivity contribution in [1.82, 2.24) is 0 Å². The quantitative estimate of drug-likeness (QED) is 0.878. The predicted molar refractivity (Wildman–Crippen MR) is 92.2 cm³/mol. The van der Waals surface area contributed by atoms with Gasteiger partial charge in [-0.25, -0.2) is 0 Å². The van der Waals surface area contributed by atoms with E-state index >= 15 is 0 Å². The Hall–Kier alpha value is -2.89. The first-order chi connectivity index (χ1) is 11.4. The number of benzene rings is 2. The van der Waals surface area contributed by atoms with Crippen molar-refractivity contribution in [1.29, 1.82) is 0 Å². The molecule has 0 radical (unpaired) electrons. The first-order valence-corrected chi connectivity index (χ1v) is 7.32. The minimum absolute atomic E-state index is 0.0121. The fraction of sp³-hybridized carbons (Fsp3) is 0.278. The summed E-state index contributed by atoms with van der Waals surface area (Å²) < 4.78 is 15.8. The van der Waals surface area contributed by atoms with Crippen molar-refractivity contribution in [2.45, 2.75) is 13.8 Å². The summed E-state index contributed by atoms with van der Waals surface area (Å²) in [5, 5.41) is 13.3. The smallest absolute Gasteiger partial charge is 0.221 e. The van der Waals surface area contributed by atoms with Gasteiger partial charge in [-0.3, -0.25) is 4.79 Å². The third kappa shape index (κ3) is 3.37. The summed E-state index contributed by atoms with van der Waals surface area (Å²) in [5.41, 5.74) is 2.53. The monoisotopic (exact) mass is 331 g/mol. The number of amides is 1. The molecule has 2 rings (SSSR count). The Morgan fingerprint density at radius 3 is 2.04 bits per heavy atom. The number of nitrogens with one attached hydrogen (secondary N) is 1. The highest BCUT2D eigenvalue weighted by atomic mass is 16.5. The van der Waals surface area contributed by atoms with E-state index in [0.29, 0.717) is 34.1 Å². The molecule has 0 fully saturated rings. The molecule has 1 amide bonds. The van der Waals surface area contributed by atoms with E-state index in [9.17, 15) is 9.90 Å². The van der Waals surface area contributed by atoms with Gasteiger partial charge in [-0.2, -0.15) is 0 Å². The molecular formula is C18H21NO5. The lowest BCUT2D eigenvalue weighted by molar-refractivity contribution is -0.114. The number of phenolic OH excluding ortho intramolecular Hbond substituents is 1. The number of hydrogen-bond acceptors (Lipinski definition) is 5. The molecule has 0 unspecified atom stereocenters. The van der Waals surface area contributed by atoms with Gasteiger partial charge in [0, 0.05) is 24.1 Å². The number of methoxy groups -OCH3 is 3. The van der Waals surface area contributed by atoms with Gasteiger partial charge < -0.3 is 24.6 Å². The van der Waals surface area contributed by atoms with E-state index in [0.717, 1.165) is 5.56 Å². The van der Waals surface area contributed by atoms with Gasteiger partial charge in [0.15, 0.2) is 23.0 Å². The van der Waals surface area contributed by atoms with Gasteiger partial charge in [-0.1, -0.05) is 0 Å². The number of phenols is 1. The van der Waals surface area contributed by atoms with E-state index in [1.165, 1.54) is 28.3 Å². The Balaban J connectivity index is 2.76. The van der Waals surface area contributed by atoms with Crippen LogP contribution >= 0.6 is 0 Å². The van der Waals surface area contributed by atoms with Crippen molar-refractivity contribution in [2.24, 2.45) is 0 Å². The normalized spacial score (nSPS) is 10.2. The molecule has 2 aromatic carbocycles. The standard InChI is InChI=1S/C18H21NO5/c1-10-6-13(18(21)17(7-10)24-5)12-8-15(22-3)16(23-4)9-14(12)19-11(2)20/h6-9,21H,1-5H3,(H,19,20). The molecule has 0 bridgehead atoms. The van der Waals surface area contributed by atoms with Crippen molar-refractivity contribution in [3.63, 3.8) is 0 Å². The van der Waals surface area contributed by atoms with Crippen LogP contribution in [0.4, 0.5) is 5.69 Å². The number of aromatic hydroxyl groups is 1. The van der Waals surface area contributed by atoms with Crippen LogP contribution in [0, 0.1) is 6.92 Å². The molecule has 6 nitrogen and oxygen atoms in total. The van der Waals surface area contributed by atoms with Gasteiger partial charge in [0.1, 0.15) is 0 Å². The van der Waals surface area contributed by atoms with E-state index in [1.807, 2.05) is 13.0 Å². The highest BCUT2D eigenvalue weighted by molar-refractivity contribution is 5.96. The fourth-order valence-electron chi connectivity index (χ4n) is 2.50. The van der Waals surface area contributed by atoms with Gasteiger partial charge in [0.05, 0.1) is 27.0 Å². The van der Waals surface area contributed by atoms with Crippen molar-refractivity contribution in [3.8, 4) is 34.1 Å². The van der Waals surface area contributed by atoms with E-state index in [1.54, 1.807) is 18.2 Å². The Bertz CT molecular complexity index is 770. The highest BCUT2D eigenvalue weighted by Gasteiger charge is 2.18. The maximum atomic E-state index is 11.6. The number of carbonyl (C=O) groups is 1. The molecule has 0 spiro atoms. The molecule has 2 aromatic rings. The van der Waals surface area contributed by atoms with Crippen molar-refractivity contribution in [3.05, 3.63) is 29.8 Å². The Kier molecular flexibility index (Phi) is 5.18. The van der Waals surface area contributed by atoms with Crippen molar-refractivity contribution >= 4 is 11.6 Å². The largest absolute Gasteiger partial charge is 0.504 e. The number of aryl methyl sites for hydroxylation is 1. The van der Waals surface area contributed by atoms with Crippen molar-refractivity contribution < 1.29 is 24.1 Å². The molecule has 0 aliphatic heterocycles. The average Bonchev–Trinajstić information content (AvgIpc) is 2.55. The average molecular weight is 331 g/mol. The van der Waals surface area contributed by atoms with Crippen LogP contribution in [-0.4, -0.2) is 32.3 Å². The number of carbonyl (C=O) groups excluding carboxylic acids is 1. The summed E-state index contributed by atoms with van der Waals surface area (Å²) in [6.45, 7) is 3.31. The van der Waals surface area contributed by atoms with Crippen LogP contribution in [0.15, 0.2) is 24.3 Å². The molecular weight excluding hydrogens is 310 g/mol. The minimum atomic E-state index is -0.234. The first-order valence-electron chi connectivity index (χ1n) is 7.32. The van der Waals surface area contributed by atoms with Crippen LogP contribution in [-0.2, 0) is 4.79 Å². The first kappa shape index (κ1) is 17.5. The molecule has 0 aromatic heterocycles. The van der Waals surface area contributed by atoms with Gasteiger partial charge in [-0.15, -0.1) is 0 Å². The van der Waals surface area contributed by atoms with Crippen LogP contribution in [0.3, 0.4) is 0 Å². The number of rotatable bonds is 5. The molecule has 0 atom stereocenters. The lowest BCUT2D eigenvalue weighted by atomic mass is 9.99. The summed E-state index contributed by atoms with van der Waals surface area (Å²) in [6.07, 6.45) is 0. The summed E-state index contributed by atoms with van der Waals surface area (Å²) >= 11 is 0. The second-order valence-electron chi connectivity index (χ2n) is 5.30. The molecule has 0 saturated heterocycles. The molecule has 6 heteroatoms. The van der Waals surface area contributed by atoms with Crippen LogP contribution in [0.25, 0.3) is 11.1 Å². The lowest BCUT2D eigenvalue weighted by Crippen LogP contribution is -2.08. The lowest BCUT2D eigenvalue weighted by Gasteiger charge is -2.17. The molecule has 0 aliphatic rings. The summed E-state index contributed by atoms with van der Waals surface area (Å²) in [4.78, 5) is 11.6.